The van der Waals surface area contributed by atoms with E-state index in [0.717, 1.165) is 29.7 Å². The molecular formula is C24H36N4O5S2. The van der Waals surface area contributed by atoms with E-state index >= 15 is 0 Å². The molecule has 0 spiro atoms. The molecule has 0 radical (unpaired) electrons. The van der Waals surface area contributed by atoms with Gasteiger partial charge in [0, 0.05) is 19.5 Å². The molecule has 4 N–H and O–H groups in total. The lowest BCUT2D eigenvalue weighted by molar-refractivity contribution is -0.123. The van der Waals surface area contributed by atoms with Gasteiger partial charge in [0.1, 0.15) is 6.23 Å². The third-order valence-electron chi connectivity index (χ3n) is 6.07. The molecule has 3 atom stereocenters. The average molecular weight is 525 g/mol. The van der Waals surface area contributed by atoms with Gasteiger partial charge in [0.15, 0.2) is 4.21 Å². The number of amides is 1. The third-order valence-corrected chi connectivity index (χ3v) is 9.56. The Morgan fingerprint density at radius 3 is 2.49 bits per heavy atom. The predicted molar refractivity (Wildman–Crippen MR) is 135 cm³/mol. The standard InChI is InChI=1S/C24H36N4O5S2/c1-16-24(34-17(2)26-16)35(32,33)28(14-19-9-10-19)15-21(29)20(13-18-7-5-4-6-8-18)27-23(31)12-11-22(30)25-3/h4-8,19-22,25,29-30H,9-15H2,1-3H3,(H,27,31). The number of hydrogen-bond donors (Lipinski definition) is 4. The Kier molecular flexibility index (Phi) is 9.79. The second-order valence-electron chi connectivity index (χ2n) is 9.15. The zero-order valence-corrected chi connectivity index (χ0v) is 22.1. The van der Waals surface area contributed by atoms with Crippen LogP contribution in [0.1, 0.15) is 41.9 Å². The van der Waals surface area contributed by atoms with E-state index < -0.39 is 28.4 Å². The second kappa shape index (κ2) is 12.4. The summed E-state index contributed by atoms with van der Waals surface area (Å²) in [6.07, 6.45) is 0.631. The largest absolute Gasteiger partial charge is 0.390 e. The first kappa shape index (κ1) is 27.7. The van der Waals surface area contributed by atoms with Crippen LogP contribution in [-0.4, -0.2) is 72.3 Å². The minimum atomic E-state index is -3.85. The zero-order valence-electron chi connectivity index (χ0n) is 20.5. The molecule has 194 valence electrons. The third kappa shape index (κ3) is 8.06. The van der Waals surface area contributed by atoms with Crippen LogP contribution in [0.15, 0.2) is 34.5 Å². The number of aliphatic hydroxyl groups excluding tert-OH is 2. The molecule has 2 aromatic rings. The average Bonchev–Trinajstić information content (AvgIpc) is 3.57. The fourth-order valence-corrected chi connectivity index (χ4v) is 7.06. The van der Waals surface area contributed by atoms with E-state index in [-0.39, 0.29) is 35.4 Å². The number of rotatable bonds is 14. The molecule has 1 aliphatic rings. The fraction of sp³-hybridized carbons (Fsp3) is 0.583. The number of nitrogens with zero attached hydrogens (tertiary/aromatic N) is 2. The van der Waals surface area contributed by atoms with Crippen LogP contribution in [-0.2, 0) is 21.2 Å². The summed E-state index contributed by atoms with van der Waals surface area (Å²) < 4.78 is 28.6. The molecule has 1 saturated carbocycles. The molecule has 0 saturated heterocycles. The molecule has 1 aromatic heterocycles. The molecule has 1 aromatic carbocycles. The molecule has 0 bridgehead atoms. The van der Waals surface area contributed by atoms with E-state index in [1.165, 1.54) is 4.31 Å². The van der Waals surface area contributed by atoms with Crippen molar-refractivity contribution in [3.05, 3.63) is 46.6 Å². The van der Waals surface area contributed by atoms with Crippen LogP contribution in [0.2, 0.25) is 0 Å². The van der Waals surface area contributed by atoms with E-state index in [0.29, 0.717) is 23.7 Å². The molecular weight excluding hydrogens is 488 g/mol. The minimum absolute atomic E-state index is 0.0729. The van der Waals surface area contributed by atoms with Gasteiger partial charge in [-0.2, -0.15) is 4.31 Å². The molecule has 1 aliphatic carbocycles. The van der Waals surface area contributed by atoms with Gasteiger partial charge in [-0.15, -0.1) is 11.3 Å². The van der Waals surface area contributed by atoms with Crippen LogP contribution in [0.25, 0.3) is 0 Å². The Hall–Kier alpha value is -1.89. The van der Waals surface area contributed by atoms with E-state index in [1.807, 2.05) is 30.3 Å². The maximum atomic E-state index is 13.5. The summed E-state index contributed by atoms with van der Waals surface area (Å²) >= 11 is 1.14. The minimum Gasteiger partial charge on any atom is -0.390 e. The van der Waals surface area contributed by atoms with Gasteiger partial charge in [-0.1, -0.05) is 30.3 Å². The van der Waals surface area contributed by atoms with Crippen molar-refractivity contribution in [2.45, 2.75) is 68.5 Å². The van der Waals surface area contributed by atoms with Crippen LogP contribution in [0.4, 0.5) is 0 Å². The summed E-state index contributed by atoms with van der Waals surface area (Å²) in [4.78, 5) is 16.9. The zero-order chi connectivity index (χ0) is 25.6. The molecule has 9 nitrogen and oxygen atoms in total. The number of aliphatic hydroxyl groups is 2. The van der Waals surface area contributed by atoms with Gasteiger partial charge in [-0.25, -0.2) is 13.4 Å². The summed E-state index contributed by atoms with van der Waals surface area (Å²) in [6.45, 7) is 3.65. The van der Waals surface area contributed by atoms with E-state index in [2.05, 4.69) is 15.6 Å². The number of sulfonamides is 1. The first-order chi connectivity index (χ1) is 16.6. The Morgan fingerprint density at radius 1 is 1.23 bits per heavy atom. The van der Waals surface area contributed by atoms with Crippen molar-refractivity contribution in [2.75, 3.05) is 20.1 Å². The van der Waals surface area contributed by atoms with Crippen molar-refractivity contribution in [3.63, 3.8) is 0 Å². The number of carbonyl (C=O) groups is 1. The topological polar surface area (TPSA) is 132 Å². The van der Waals surface area contributed by atoms with Crippen LogP contribution >= 0.6 is 11.3 Å². The SMILES string of the molecule is CNC(O)CCC(=O)NC(Cc1ccccc1)C(O)CN(CC1CC1)S(=O)(=O)c1sc(C)nc1C. The van der Waals surface area contributed by atoms with Gasteiger partial charge in [0.2, 0.25) is 5.91 Å². The smallest absolute Gasteiger partial charge is 0.254 e. The number of aryl methyl sites for hydroxylation is 2. The Labute approximate surface area is 211 Å². The van der Waals surface area contributed by atoms with Gasteiger partial charge in [-0.3, -0.25) is 10.1 Å². The number of thiazole rings is 1. The number of benzene rings is 1. The van der Waals surface area contributed by atoms with Crippen molar-refractivity contribution in [3.8, 4) is 0 Å². The summed E-state index contributed by atoms with van der Waals surface area (Å²) in [7, 11) is -2.24. The van der Waals surface area contributed by atoms with Gasteiger partial charge in [-0.05, 0) is 58.1 Å². The molecule has 11 heteroatoms. The van der Waals surface area contributed by atoms with Gasteiger partial charge >= 0.3 is 0 Å². The quantitative estimate of drug-likeness (QED) is 0.276. The Bertz CT molecular complexity index is 1070. The number of nitrogens with one attached hydrogen (secondary N) is 2. The predicted octanol–water partition coefficient (Wildman–Crippen LogP) is 1.57. The molecule has 1 amide bonds. The van der Waals surface area contributed by atoms with E-state index in [1.54, 1.807) is 20.9 Å². The van der Waals surface area contributed by atoms with Gasteiger partial charge < -0.3 is 15.5 Å². The highest BCUT2D eigenvalue weighted by Gasteiger charge is 2.36. The van der Waals surface area contributed by atoms with Crippen molar-refractivity contribution in [1.82, 2.24) is 19.9 Å². The van der Waals surface area contributed by atoms with Gasteiger partial charge in [0.25, 0.3) is 10.0 Å². The van der Waals surface area contributed by atoms with Crippen LogP contribution in [0, 0.1) is 19.8 Å². The van der Waals surface area contributed by atoms with Crippen molar-refractivity contribution >= 4 is 27.3 Å². The van der Waals surface area contributed by atoms with E-state index in [4.69, 9.17) is 0 Å². The van der Waals surface area contributed by atoms with Crippen LogP contribution in [0.3, 0.4) is 0 Å². The van der Waals surface area contributed by atoms with Crippen molar-refractivity contribution in [1.29, 1.82) is 0 Å². The molecule has 3 unspecified atom stereocenters. The number of hydrogen-bond acceptors (Lipinski definition) is 8. The van der Waals surface area contributed by atoms with Crippen LogP contribution < -0.4 is 10.6 Å². The lowest BCUT2D eigenvalue weighted by Gasteiger charge is -2.30. The van der Waals surface area contributed by atoms with Gasteiger partial charge in [0.05, 0.1) is 22.8 Å². The van der Waals surface area contributed by atoms with E-state index in [9.17, 15) is 23.4 Å². The van der Waals surface area contributed by atoms with Crippen molar-refractivity contribution in [2.24, 2.45) is 5.92 Å². The highest BCUT2D eigenvalue weighted by atomic mass is 32.2. The first-order valence-corrected chi connectivity index (χ1v) is 14.2. The van der Waals surface area contributed by atoms with Crippen LogP contribution in [0.5, 0.6) is 0 Å². The molecule has 35 heavy (non-hydrogen) atoms. The lowest BCUT2D eigenvalue weighted by Crippen LogP contribution is -2.51. The normalized spacial score (nSPS) is 16.7. The Balaban J connectivity index is 1.79. The highest BCUT2D eigenvalue weighted by molar-refractivity contribution is 7.91. The fourth-order valence-electron chi connectivity index (χ4n) is 3.91. The molecule has 1 fully saturated rings. The summed E-state index contributed by atoms with van der Waals surface area (Å²) in [6, 6.07) is 8.75. The summed E-state index contributed by atoms with van der Waals surface area (Å²) in [5.74, 6) is -0.0405. The Morgan fingerprint density at radius 2 is 1.91 bits per heavy atom. The maximum absolute atomic E-state index is 13.5. The summed E-state index contributed by atoms with van der Waals surface area (Å²) in [5.41, 5.74) is 1.37. The maximum Gasteiger partial charge on any atom is 0.254 e. The monoisotopic (exact) mass is 524 g/mol. The summed E-state index contributed by atoms with van der Waals surface area (Å²) in [5, 5.41) is 27.1. The number of carbonyl (C=O) groups excluding carboxylic acids is 1. The molecule has 1 heterocycles. The highest BCUT2D eigenvalue weighted by Crippen LogP contribution is 2.33. The first-order valence-electron chi connectivity index (χ1n) is 11.9. The second-order valence-corrected chi connectivity index (χ2v) is 12.5. The lowest BCUT2D eigenvalue weighted by atomic mass is 10.0. The molecule has 0 aliphatic heterocycles. The molecule has 3 rings (SSSR count). The van der Waals surface area contributed by atoms with Crippen molar-refractivity contribution < 1.29 is 23.4 Å². The number of aromatic nitrogens is 1.